The van der Waals surface area contributed by atoms with Gasteiger partial charge in [0.05, 0.1) is 13.0 Å². The van der Waals surface area contributed by atoms with E-state index in [0.717, 1.165) is 16.9 Å². The average Bonchev–Trinajstić information content (AvgIpc) is 2.46. The van der Waals surface area contributed by atoms with E-state index in [-0.39, 0.29) is 5.91 Å². The van der Waals surface area contributed by atoms with Crippen LogP contribution >= 0.6 is 0 Å². The number of benzene rings is 1. The Kier molecular flexibility index (Phi) is 5.12. The van der Waals surface area contributed by atoms with E-state index in [1.54, 1.807) is 12.4 Å². The minimum atomic E-state index is -0.0264. The van der Waals surface area contributed by atoms with Crippen LogP contribution in [0.2, 0.25) is 0 Å². The van der Waals surface area contributed by atoms with Gasteiger partial charge in [0.15, 0.2) is 0 Å². The molecule has 4 heteroatoms. The highest BCUT2D eigenvalue weighted by atomic mass is 16.5. The molecule has 0 saturated carbocycles. The number of carbonyl (C=O) groups is 1. The second kappa shape index (κ2) is 7.28. The van der Waals surface area contributed by atoms with Crippen molar-refractivity contribution in [1.82, 2.24) is 10.3 Å². The van der Waals surface area contributed by atoms with Crippen LogP contribution < -0.4 is 10.1 Å². The Morgan fingerprint density at radius 3 is 2.95 bits per heavy atom. The first-order valence-electron chi connectivity index (χ1n) is 6.59. The molecule has 1 heterocycles. The maximum Gasteiger partial charge on any atom is 0.223 e. The van der Waals surface area contributed by atoms with Crippen molar-refractivity contribution >= 4 is 5.91 Å². The summed E-state index contributed by atoms with van der Waals surface area (Å²) in [5.41, 5.74) is 2.13. The van der Waals surface area contributed by atoms with Gasteiger partial charge in [-0.05, 0) is 36.2 Å². The maximum absolute atomic E-state index is 11.7. The maximum atomic E-state index is 11.7. The average molecular weight is 270 g/mol. The SMILES string of the molecule is Cc1cccc(OCCC(=O)NCc2cccnc2)c1. The summed E-state index contributed by atoms with van der Waals surface area (Å²) in [6, 6.07) is 11.6. The number of rotatable bonds is 6. The highest BCUT2D eigenvalue weighted by molar-refractivity contribution is 5.75. The molecule has 1 aromatic carbocycles. The minimum absolute atomic E-state index is 0.0264. The van der Waals surface area contributed by atoms with Crippen LogP contribution in [0.5, 0.6) is 5.75 Å². The smallest absolute Gasteiger partial charge is 0.223 e. The van der Waals surface area contributed by atoms with Crippen molar-refractivity contribution in [1.29, 1.82) is 0 Å². The number of amides is 1. The first-order chi connectivity index (χ1) is 9.74. The number of ether oxygens (including phenoxy) is 1. The van der Waals surface area contributed by atoms with Gasteiger partial charge in [-0.3, -0.25) is 9.78 Å². The van der Waals surface area contributed by atoms with E-state index in [9.17, 15) is 4.79 Å². The van der Waals surface area contributed by atoms with Crippen molar-refractivity contribution in [3.63, 3.8) is 0 Å². The quantitative estimate of drug-likeness (QED) is 0.877. The fourth-order valence-corrected chi connectivity index (χ4v) is 1.76. The van der Waals surface area contributed by atoms with Crippen LogP contribution in [0.15, 0.2) is 48.8 Å². The lowest BCUT2D eigenvalue weighted by Gasteiger charge is -2.07. The van der Waals surface area contributed by atoms with Crippen molar-refractivity contribution in [2.75, 3.05) is 6.61 Å². The number of carbonyl (C=O) groups excluding carboxylic acids is 1. The fraction of sp³-hybridized carbons (Fsp3) is 0.250. The van der Waals surface area contributed by atoms with E-state index >= 15 is 0 Å². The number of pyridine rings is 1. The molecule has 2 rings (SSSR count). The van der Waals surface area contributed by atoms with Gasteiger partial charge >= 0.3 is 0 Å². The molecule has 0 bridgehead atoms. The predicted molar refractivity (Wildman–Crippen MR) is 77.4 cm³/mol. The molecule has 0 radical (unpaired) electrons. The molecule has 0 aliphatic rings. The molecule has 4 nitrogen and oxygen atoms in total. The van der Waals surface area contributed by atoms with E-state index in [2.05, 4.69) is 10.3 Å². The Balaban J connectivity index is 1.68. The standard InChI is InChI=1S/C16H18N2O2/c1-13-4-2-6-15(10-13)20-9-7-16(19)18-12-14-5-3-8-17-11-14/h2-6,8,10-11H,7,9,12H2,1H3,(H,18,19). The summed E-state index contributed by atoms with van der Waals surface area (Å²) >= 11 is 0. The van der Waals surface area contributed by atoms with Crippen molar-refractivity contribution in [3.05, 3.63) is 59.9 Å². The summed E-state index contributed by atoms with van der Waals surface area (Å²) in [5, 5.41) is 2.84. The lowest BCUT2D eigenvalue weighted by molar-refractivity contribution is -0.121. The van der Waals surface area contributed by atoms with Gasteiger partial charge in [0.1, 0.15) is 5.75 Å². The molecular formula is C16H18N2O2. The summed E-state index contributed by atoms with van der Waals surface area (Å²) in [5.74, 6) is 0.770. The van der Waals surface area contributed by atoms with Crippen LogP contribution in [-0.2, 0) is 11.3 Å². The summed E-state index contributed by atoms with van der Waals surface area (Å²) in [6.45, 7) is 2.88. The molecule has 2 aromatic rings. The van der Waals surface area contributed by atoms with Crippen LogP contribution in [0.1, 0.15) is 17.5 Å². The lowest BCUT2D eigenvalue weighted by Crippen LogP contribution is -2.24. The van der Waals surface area contributed by atoms with Gasteiger partial charge < -0.3 is 10.1 Å². The third-order valence-electron chi connectivity index (χ3n) is 2.80. The summed E-state index contributed by atoms with van der Waals surface area (Å²) in [4.78, 5) is 15.7. The topological polar surface area (TPSA) is 51.2 Å². The number of aryl methyl sites for hydroxylation is 1. The molecule has 104 valence electrons. The molecule has 0 atom stereocenters. The third kappa shape index (κ3) is 4.72. The first kappa shape index (κ1) is 14.1. The fourth-order valence-electron chi connectivity index (χ4n) is 1.76. The summed E-state index contributed by atoms with van der Waals surface area (Å²) in [6.07, 6.45) is 3.79. The molecule has 20 heavy (non-hydrogen) atoms. The van der Waals surface area contributed by atoms with E-state index in [1.165, 1.54) is 0 Å². The number of aromatic nitrogens is 1. The Morgan fingerprint density at radius 1 is 1.30 bits per heavy atom. The molecule has 0 unspecified atom stereocenters. The van der Waals surface area contributed by atoms with Gasteiger partial charge in [-0.2, -0.15) is 0 Å². The lowest BCUT2D eigenvalue weighted by atomic mass is 10.2. The molecule has 1 amide bonds. The molecule has 1 aromatic heterocycles. The summed E-state index contributed by atoms with van der Waals surface area (Å²) < 4.78 is 5.54. The zero-order chi connectivity index (χ0) is 14.2. The van der Waals surface area contributed by atoms with Crippen LogP contribution in [0.25, 0.3) is 0 Å². The monoisotopic (exact) mass is 270 g/mol. The first-order valence-corrected chi connectivity index (χ1v) is 6.59. The molecule has 0 fully saturated rings. The van der Waals surface area contributed by atoms with Crippen LogP contribution in [0.4, 0.5) is 0 Å². The van der Waals surface area contributed by atoms with E-state index in [0.29, 0.717) is 19.6 Å². The summed E-state index contributed by atoms with van der Waals surface area (Å²) in [7, 11) is 0. The minimum Gasteiger partial charge on any atom is -0.493 e. The van der Waals surface area contributed by atoms with Gasteiger partial charge in [0.2, 0.25) is 5.91 Å². The van der Waals surface area contributed by atoms with Crippen molar-refractivity contribution in [2.45, 2.75) is 19.9 Å². The zero-order valence-corrected chi connectivity index (χ0v) is 11.5. The molecule has 1 N–H and O–H groups in total. The molecule has 0 saturated heterocycles. The van der Waals surface area contributed by atoms with Crippen molar-refractivity contribution in [2.24, 2.45) is 0 Å². The van der Waals surface area contributed by atoms with E-state index < -0.39 is 0 Å². The number of nitrogens with one attached hydrogen (secondary N) is 1. The van der Waals surface area contributed by atoms with Crippen LogP contribution in [0, 0.1) is 6.92 Å². The van der Waals surface area contributed by atoms with Crippen LogP contribution in [-0.4, -0.2) is 17.5 Å². The predicted octanol–water partition coefficient (Wildman–Crippen LogP) is 2.48. The second-order valence-corrected chi connectivity index (χ2v) is 4.55. The Labute approximate surface area is 118 Å². The third-order valence-corrected chi connectivity index (χ3v) is 2.80. The van der Waals surface area contributed by atoms with Gasteiger partial charge in [-0.25, -0.2) is 0 Å². The van der Waals surface area contributed by atoms with Crippen molar-refractivity contribution < 1.29 is 9.53 Å². The Morgan fingerprint density at radius 2 is 2.20 bits per heavy atom. The highest BCUT2D eigenvalue weighted by Crippen LogP contribution is 2.12. The van der Waals surface area contributed by atoms with E-state index in [1.807, 2.05) is 43.3 Å². The molecule has 0 aliphatic carbocycles. The molecule has 0 aliphatic heterocycles. The second-order valence-electron chi connectivity index (χ2n) is 4.55. The Hall–Kier alpha value is -2.36. The largest absolute Gasteiger partial charge is 0.493 e. The number of hydrogen-bond acceptors (Lipinski definition) is 3. The van der Waals surface area contributed by atoms with Gasteiger partial charge in [-0.15, -0.1) is 0 Å². The normalized spacial score (nSPS) is 10.1. The molecule has 0 spiro atoms. The zero-order valence-electron chi connectivity index (χ0n) is 11.5. The number of nitrogens with zero attached hydrogens (tertiary/aromatic N) is 1. The van der Waals surface area contributed by atoms with Crippen molar-refractivity contribution in [3.8, 4) is 5.75 Å². The Bertz CT molecular complexity index is 555. The van der Waals surface area contributed by atoms with Crippen LogP contribution in [0.3, 0.4) is 0 Å². The molecular weight excluding hydrogens is 252 g/mol. The van der Waals surface area contributed by atoms with Gasteiger partial charge in [0, 0.05) is 18.9 Å². The van der Waals surface area contributed by atoms with Gasteiger partial charge in [-0.1, -0.05) is 18.2 Å². The van der Waals surface area contributed by atoms with E-state index in [4.69, 9.17) is 4.74 Å². The highest BCUT2D eigenvalue weighted by Gasteiger charge is 2.02. The number of hydrogen-bond donors (Lipinski definition) is 1. The van der Waals surface area contributed by atoms with Gasteiger partial charge in [0.25, 0.3) is 0 Å².